The first-order valence-corrected chi connectivity index (χ1v) is 10.2. The van der Waals surface area contributed by atoms with Crippen molar-refractivity contribution in [1.29, 1.82) is 0 Å². The molecule has 1 aromatic carbocycles. The molecule has 144 valence electrons. The summed E-state index contributed by atoms with van der Waals surface area (Å²) >= 11 is 0. The molecule has 3 rings (SSSR count). The summed E-state index contributed by atoms with van der Waals surface area (Å²) in [6.07, 6.45) is -1.26. The Morgan fingerprint density at radius 3 is 2.50 bits per heavy atom. The van der Waals surface area contributed by atoms with Gasteiger partial charge in [0.2, 0.25) is 10.0 Å². The number of fused-ring (bicyclic) bond motifs is 1. The molecule has 0 aliphatic carbocycles. The number of nitrogens with zero attached hydrogens (tertiary/aromatic N) is 2. The molecule has 0 saturated carbocycles. The van der Waals surface area contributed by atoms with Gasteiger partial charge < -0.3 is 4.42 Å². The van der Waals surface area contributed by atoms with Gasteiger partial charge in [-0.15, -0.1) is 0 Å². The van der Waals surface area contributed by atoms with E-state index in [2.05, 4.69) is 4.90 Å². The molecule has 2 aromatic rings. The highest BCUT2D eigenvalue weighted by molar-refractivity contribution is 7.88. The summed E-state index contributed by atoms with van der Waals surface area (Å²) in [6.45, 7) is 0.271. The van der Waals surface area contributed by atoms with Crippen LogP contribution in [0.1, 0.15) is 18.4 Å². The van der Waals surface area contributed by atoms with Crippen molar-refractivity contribution in [2.45, 2.75) is 31.6 Å². The highest BCUT2D eigenvalue weighted by Crippen LogP contribution is 2.27. The van der Waals surface area contributed by atoms with Gasteiger partial charge in [0.1, 0.15) is 12.1 Å². The number of benzene rings is 1. The molecule has 0 amide bonds. The number of furan rings is 1. The standard InChI is InChI=1S/C17H21F3N2O3S/c1-26(23,24)22(12-17(18,19)20)14-6-8-21(9-7-14)10-13-11-25-16-5-3-2-4-15(13)16/h2-5,11,14H,6-10,12H2,1H3. The van der Waals surface area contributed by atoms with E-state index in [9.17, 15) is 21.6 Å². The quantitative estimate of drug-likeness (QED) is 0.787. The molecule has 1 aromatic heterocycles. The maximum atomic E-state index is 12.7. The molecule has 1 fully saturated rings. The van der Waals surface area contributed by atoms with Crippen LogP contribution in [0.2, 0.25) is 0 Å². The third-order valence-corrected chi connectivity index (χ3v) is 5.96. The van der Waals surface area contributed by atoms with Crippen LogP contribution in [0.25, 0.3) is 11.0 Å². The zero-order chi connectivity index (χ0) is 18.9. The molecular formula is C17H21F3N2O3S. The van der Waals surface area contributed by atoms with Gasteiger partial charge in [0.25, 0.3) is 0 Å². The van der Waals surface area contributed by atoms with Gasteiger partial charge >= 0.3 is 6.18 Å². The van der Waals surface area contributed by atoms with Crippen LogP contribution in [-0.4, -0.2) is 55.7 Å². The van der Waals surface area contributed by atoms with Crippen molar-refractivity contribution in [3.8, 4) is 0 Å². The first-order chi connectivity index (χ1) is 12.1. The van der Waals surface area contributed by atoms with Gasteiger partial charge in [0.15, 0.2) is 0 Å². The van der Waals surface area contributed by atoms with E-state index in [1.807, 2.05) is 24.3 Å². The van der Waals surface area contributed by atoms with Gasteiger partial charge in [-0.3, -0.25) is 4.90 Å². The maximum Gasteiger partial charge on any atom is 0.402 e. The molecule has 1 aliphatic heterocycles. The fraction of sp³-hybridized carbons (Fsp3) is 0.529. The van der Waals surface area contributed by atoms with Crippen molar-refractivity contribution >= 4 is 21.0 Å². The summed E-state index contributed by atoms with van der Waals surface area (Å²) < 4.78 is 67.9. The number of sulfonamides is 1. The van der Waals surface area contributed by atoms with E-state index in [0.717, 1.165) is 22.8 Å². The number of hydrogen-bond donors (Lipinski definition) is 0. The van der Waals surface area contributed by atoms with E-state index in [1.54, 1.807) is 6.26 Å². The molecule has 1 saturated heterocycles. The summed E-state index contributed by atoms with van der Waals surface area (Å²) in [7, 11) is -3.91. The molecule has 0 unspecified atom stereocenters. The first-order valence-electron chi connectivity index (χ1n) is 8.34. The van der Waals surface area contributed by atoms with Gasteiger partial charge in [0.05, 0.1) is 12.5 Å². The number of hydrogen-bond acceptors (Lipinski definition) is 4. The van der Waals surface area contributed by atoms with Crippen LogP contribution >= 0.6 is 0 Å². The predicted molar refractivity (Wildman–Crippen MR) is 92.1 cm³/mol. The smallest absolute Gasteiger partial charge is 0.402 e. The van der Waals surface area contributed by atoms with Crippen LogP contribution in [0.4, 0.5) is 13.2 Å². The summed E-state index contributed by atoms with van der Waals surface area (Å²) in [4.78, 5) is 2.11. The molecule has 9 heteroatoms. The zero-order valence-electron chi connectivity index (χ0n) is 14.4. The minimum Gasteiger partial charge on any atom is -0.464 e. The van der Waals surface area contributed by atoms with Crippen molar-refractivity contribution in [2.75, 3.05) is 25.9 Å². The maximum absolute atomic E-state index is 12.7. The largest absolute Gasteiger partial charge is 0.464 e. The average Bonchev–Trinajstić information content (AvgIpc) is 2.95. The van der Waals surface area contributed by atoms with E-state index in [-0.39, 0.29) is 0 Å². The van der Waals surface area contributed by atoms with Crippen molar-refractivity contribution in [3.05, 3.63) is 36.1 Å². The highest BCUT2D eigenvalue weighted by atomic mass is 32.2. The fourth-order valence-corrected chi connectivity index (χ4v) is 4.59. The molecule has 2 heterocycles. The van der Waals surface area contributed by atoms with Gasteiger partial charge in [-0.1, -0.05) is 18.2 Å². The summed E-state index contributed by atoms with van der Waals surface area (Å²) in [5, 5.41) is 1.02. The third kappa shape index (κ3) is 4.57. The lowest BCUT2D eigenvalue weighted by atomic mass is 10.0. The minimum atomic E-state index is -4.55. The van der Waals surface area contributed by atoms with E-state index in [1.165, 1.54) is 0 Å². The second-order valence-corrected chi connectivity index (χ2v) is 8.62. The Labute approximate surface area is 150 Å². The number of likely N-dealkylation sites (tertiary alicyclic amines) is 1. The Kier molecular flexibility index (Phi) is 5.32. The Bertz CT molecular complexity index is 856. The molecule has 0 atom stereocenters. The lowest BCUT2D eigenvalue weighted by molar-refractivity contribution is -0.140. The number of para-hydroxylation sites is 1. The van der Waals surface area contributed by atoms with Gasteiger partial charge in [-0.2, -0.15) is 17.5 Å². The Morgan fingerprint density at radius 1 is 1.23 bits per heavy atom. The third-order valence-electron chi connectivity index (χ3n) is 4.68. The molecule has 26 heavy (non-hydrogen) atoms. The van der Waals surface area contributed by atoms with E-state index in [4.69, 9.17) is 4.42 Å². The lowest BCUT2D eigenvalue weighted by Gasteiger charge is -2.37. The van der Waals surface area contributed by atoms with Gasteiger partial charge in [0, 0.05) is 36.6 Å². The molecule has 0 N–H and O–H groups in total. The lowest BCUT2D eigenvalue weighted by Crippen LogP contribution is -2.49. The van der Waals surface area contributed by atoms with Gasteiger partial charge in [-0.05, 0) is 18.9 Å². The van der Waals surface area contributed by atoms with Crippen LogP contribution in [0.5, 0.6) is 0 Å². The Balaban J connectivity index is 1.64. The SMILES string of the molecule is CS(=O)(=O)N(CC(F)(F)F)C1CCN(Cc2coc3ccccc23)CC1. The van der Waals surface area contributed by atoms with Crippen LogP contribution in [0.15, 0.2) is 34.9 Å². The summed E-state index contributed by atoms with van der Waals surface area (Å²) in [6, 6.07) is 7.04. The number of alkyl halides is 3. The van der Waals surface area contributed by atoms with Crippen molar-refractivity contribution < 1.29 is 26.0 Å². The summed E-state index contributed by atoms with van der Waals surface area (Å²) in [5.74, 6) is 0. The summed E-state index contributed by atoms with van der Waals surface area (Å²) in [5.41, 5.74) is 1.82. The normalized spacial score (nSPS) is 18.0. The Morgan fingerprint density at radius 2 is 1.88 bits per heavy atom. The first kappa shape index (κ1) is 19.2. The monoisotopic (exact) mass is 390 g/mol. The van der Waals surface area contributed by atoms with Crippen LogP contribution in [0.3, 0.4) is 0 Å². The highest BCUT2D eigenvalue weighted by Gasteiger charge is 2.39. The molecule has 5 nitrogen and oxygen atoms in total. The number of halogens is 3. The van der Waals surface area contributed by atoms with Gasteiger partial charge in [-0.25, -0.2) is 8.42 Å². The molecular weight excluding hydrogens is 369 g/mol. The fourth-order valence-electron chi connectivity index (χ4n) is 3.46. The average molecular weight is 390 g/mol. The van der Waals surface area contributed by atoms with Crippen LogP contribution in [-0.2, 0) is 16.6 Å². The topological polar surface area (TPSA) is 53.8 Å². The molecule has 0 spiro atoms. The Hall–Kier alpha value is -1.58. The predicted octanol–water partition coefficient (Wildman–Crippen LogP) is 3.22. The number of rotatable bonds is 5. The van der Waals surface area contributed by atoms with Crippen molar-refractivity contribution in [2.24, 2.45) is 0 Å². The second-order valence-electron chi connectivity index (χ2n) is 6.69. The minimum absolute atomic E-state index is 0.374. The van der Waals surface area contributed by atoms with Crippen molar-refractivity contribution in [1.82, 2.24) is 9.21 Å². The number of piperidine rings is 1. The van der Waals surface area contributed by atoms with E-state index < -0.39 is 28.8 Å². The van der Waals surface area contributed by atoms with Crippen molar-refractivity contribution in [3.63, 3.8) is 0 Å². The molecule has 0 radical (unpaired) electrons. The van der Waals surface area contributed by atoms with Crippen LogP contribution < -0.4 is 0 Å². The molecule has 1 aliphatic rings. The molecule has 0 bridgehead atoms. The van der Waals surface area contributed by atoms with Crippen LogP contribution in [0, 0.1) is 0 Å². The second kappa shape index (κ2) is 7.21. The zero-order valence-corrected chi connectivity index (χ0v) is 15.2. The van der Waals surface area contributed by atoms with E-state index >= 15 is 0 Å². The van der Waals surface area contributed by atoms with E-state index in [0.29, 0.717) is 36.8 Å².